The lowest BCUT2D eigenvalue weighted by molar-refractivity contribution is -0.444. The Kier molecular flexibility index (Phi) is 7.06. The van der Waals surface area contributed by atoms with Crippen molar-refractivity contribution in [3.63, 3.8) is 0 Å². The number of hydrogen-bond acceptors (Lipinski definition) is 1. The summed E-state index contributed by atoms with van der Waals surface area (Å²) >= 11 is 1.90. The van der Waals surface area contributed by atoms with Crippen molar-refractivity contribution < 1.29 is 4.99 Å². The first kappa shape index (κ1) is 21.2. The molecule has 0 amide bonds. The Hall–Kier alpha value is -3.04. The smallest absolute Gasteiger partial charge is 0.206 e. The average Bonchev–Trinajstić information content (AvgIpc) is 3.34. The van der Waals surface area contributed by atoms with Crippen molar-refractivity contribution >= 4 is 44.8 Å². The molecule has 0 saturated heterocycles. The maximum Gasteiger partial charge on any atom is 0.206 e. The second kappa shape index (κ2) is 10.3. The van der Waals surface area contributed by atoms with E-state index in [4.69, 9.17) is 0 Å². The molecule has 0 fully saturated rings. The normalized spacial score (nSPS) is 13.1. The van der Waals surface area contributed by atoms with Gasteiger partial charge < -0.3 is 0 Å². The fraction of sp³-hybridized carbons (Fsp3) is 0.107. The van der Waals surface area contributed by atoms with Crippen molar-refractivity contribution in [3.05, 3.63) is 121 Å². The first-order valence-corrected chi connectivity index (χ1v) is 11.9. The summed E-state index contributed by atoms with van der Waals surface area (Å²) < 4.78 is 0. The van der Waals surface area contributed by atoms with E-state index in [9.17, 15) is 0 Å². The third kappa shape index (κ3) is 4.67. The van der Waals surface area contributed by atoms with Gasteiger partial charge in [-0.15, -0.1) is 0 Å². The van der Waals surface area contributed by atoms with Gasteiger partial charge in [-0.25, -0.2) is 4.99 Å². The van der Waals surface area contributed by atoms with E-state index in [-0.39, 0.29) is 0 Å². The highest BCUT2D eigenvalue weighted by atomic mass is 32.2. The van der Waals surface area contributed by atoms with Crippen LogP contribution in [-0.4, -0.2) is 23.5 Å². The fourth-order valence-electron chi connectivity index (χ4n) is 4.60. The molecule has 0 bridgehead atoms. The van der Waals surface area contributed by atoms with Gasteiger partial charge in [0.2, 0.25) is 5.04 Å². The van der Waals surface area contributed by atoms with E-state index < -0.39 is 6.15 Å². The van der Waals surface area contributed by atoms with E-state index in [1.54, 1.807) is 0 Å². The average molecular weight is 421 g/mol. The van der Waals surface area contributed by atoms with Crippen LogP contribution in [0.25, 0.3) is 0 Å². The molecule has 0 aliphatic carbocycles. The minimum Gasteiger partial charge on any atom is -0.239 e. The summed E-state index contributed by atoms with van der Waals surface area (Å²) in [7, 11) is 0. The Bertz CT molecular complexity index is 933. The number of rotatable bonds is 4. The molecule has 5 rings (SSSR count). The first-order chi connectivity index (χ1) is 15.3. The van der Waals surface area contributed by atoms with Crippen LogP contribution in [0.15, 0.2) is 121 Å². The maximum atomic E-state index is 3.20. The van der Waals surface area contributed by atoms with Gasteiger partial charge in [0, 0.05) is 6.92 Å². The molecule has 0 aromatic heterocycles. The van der Waals surface area contributed by atoms with Crippen LogP contribution in [0, 0.1) is 0 Å². The van der Waals surface area contributed by atoms with Crippen molar-refractivity contribution in [2.45, 2.75) is 6.92 Å². The van der Waals surface area contributed by atoms with Gasteiger partial charge in [0.1, 0.15) is 6.15 Å². The van der Waals surface area contributed by atoms with Crippen LogP contribution in [0.3, 0.4) is 0 Å². The molecule has 0 saturated carbocycles. The van der Waals surface area contributed by atoms with Crippen LogP contribution in [-0.2, 0) is 0 Å². The number of nitrogens with one attached hydrogen (secondary N) is 1. The van der Waals surface area contributed by atoms with Crippen LogP contribution in [0.5, 0.6) is 0 Å². The van der Waals surface area contributed by atoms with Crippen LogP contribution in [0.1, 0.15) is 6.92 Å². The van der Waals surface area contributed by atoms with Crippen LogP contribution in [0.4, 0.5) is 0 Å². The highest BCUT2D eigenvalue weighted by Crippen LogP contribution is 2.09. The quantitative estimate of drug-likeness (QED) is 0.500. The summed E-state index contributed by atoms with van der Waals surface area (Å²) in [6.45, 7) is 3.27. The Morgan fingerprint density at radius 2 is 0.871 bits per heavy atom. The molecule has 3 heteroatoms. The van der Waals surface area contributed by atoms with E-state index >= 15 is 0 Å². The lowest BCUT2D eigenvalue weighted by atomic mass is 9.13. The molecule has 1 nitrogen and oxygen atoms in total. The van der Waals surface area contributed by atoms with Crippen molar-refractivity contribution in [1.82, 2.24) is 0 Å². The lowest BCUT2D eigenvalue weighted by Crippen LogP contribution is -2.74. The molecule has 4 aromatic rings. The molecule has 1 aliphatic heterocycles. The van der Waals surface area contributed by atoms with Crippen molar-refractivity contribution in [2.75, 3.05) is 12.3 Å². The number of benzene rings is 4. The Balaban J connectivity index is 0.000000334. The minimum atomic E-state index is -1.22. The zero-order valence-corrected chi connectivity index (χ0v) is 18.8. The standard InChI is InChI=1S/C24H20B.C4H7NS/c1-5-13-21(14-6-1)25(22-15-7-2-8-16-22,23-17-9-3-10-18-23)24-19-11-4-12-20-24;1-4-5-2-3-6-4/h1-20H;2-3H2,1H3/q-1;/p+1. The molecular formula is C28H28BNS. The second-order valence-electron chi connectivity index (χ2n) is 7.84. The van der Waals surface area contributed by atoms with E-state index in [1.807, 2.05) is 11.8 Å². The summed E-state index contributed by atoms with van der Waals surface area (Å²) in [4.78, 5) is 3.20. The van der Waals surface area contributed by atoms with Gasteiger partial charge in [-0.3, -0.25) is 0 Å². The summed E-state index contributed by atoms with van der Waals surface area (Å²) in [5.41, 5.74) is 5.36. The van der Waals surface area contributed by atoms with Crippen molar-refractivity contribution in [1.29, 1.82) is 0 Å². The molecule has 1 aliphatic rings. The molecule has 31 heavy (non-hydrogen) atoms. The van der Waals surface area contributed by atoms with E-state index in [0.29, 0.717) is 0 Å². The molecule has 154 valence electrons. The highest BCUT2D eigenvalue weighted by Gasteiger charge is 2.30. The van der Waals surface area contributed by atoms with Gasteiger partial charge in [-0.05, 0) is 0 Å². The molecular weight excluding hydrogens is 393 g/mol. The molecule has 0 radical (unpaired) electrons. The summed E-state index contributed by atoms with van der Waals surface area (Å²) in [6, 6.07) is 43.5. The minimum absolute atomic E-state index is 1.16. The van der Waals surface area contributed by atoms with Gasteiger partial charge in [0.15, 0.2) is 6.54 Å². The Morgan fingerprint density at radius 1 is 0.548 bits per heavy atom. The second-order valence-corrected chi connectivity index (χ2v) is 9.15. The van der Waals surface area contributed by atoms with Gasteiger partial charge in [0.05, 0.1) is 5.75 Å². The van der Waals surface area contributed by atoms with Gasteiger partial charge >= 0.3 is 0 Å². The van der Waals surface area contributed by atoms with E-state index in [0.717, 1.165) is 6.54 Å². The fourth-order valence-corrected chi connectivity index (χ4v) is 5.32. The zero-order chi connectivity index (χ0) is 21.4. The SMILES string of the molecule is CC1=[NH+]CCS1.c1ccc([B-](c2ccccc2)(c2ccccc2)c2ccccc2)cc1. The van der Waals surface area contributed by atoms with Crippen molar-refractivity contribution in [2.24, 2.45) is 0 Å². The third-order valence-corrected chi connectivity index (χ3v) is 6.98. The molecule has 0 spiro atoms. The van der Waals surface area contributed by atoms with Crippen LogP contribution >= 0.6 is 11.8 Å². The van der Waals surface area contributed by atoms with E-state index in [2.05, 4.69) is 133 Å². The molecule has 0 atom stereocenters. The van der Waals surface area contributed by atoms with E-state index in [1.165, 1.54) is 32.6 Å². The predicted molar refractivity (Wildman–Crippen MR) is 139 cm³/mol. The molecule has 4 aromatic carbocycles. The zero-order valence-electron chi connectivity index (χ0n) is 17.9. The summed E-state index contributed by atoms with van der Waals surface area (Å²) in [6.07, 6.45) is -1.22. The van der Waals surface area contributed by atoms with Gasteiger partial charge in [-0.1, -0.05) is 133 Å². The highest BCUT2D eigenvalue weighted by molar-refractivity contribution is 8.13. The number of hydrogen-bond donors (Lipinski definition) is 1. The number of thioether (sulfide) groups is 1. The predicted octanol–water partition coefficient (Wildman–Crippen LogP) is 2.30. The maximum absolute atomic E-state index is 3.20. The van der Waals surface area contributed by atoms with Crippen LogP contribution < -0.4 is 26.8 Å². The Morgan fingerprint density at radius 3 is 1.06 bits per heavy atom. The summed E-state index contributed by atoms with van der Waals surface area (Å²) in [5, 5.41) is 1.37. The molecule has 1 heterocycles. The molecule has 0 unspecified atom stereocenters. The third-order valence-electron chi connectivity index (χ3n) is 5.99. The lowest BCUT2D eigenvalue weighted by Gasteiger charge is -2.44. The largest absolute Gasteiger partial charge is 0.239 e. The Labute approximate surface area is 190 Å². The summed E-state index contributed by atoms with van der Waals surface area (Å²) in [5.74, 6) is 1.26. The molecule has 1 N–H and O–H groups in total. The topological polar surface area (TPSA) is 14.0 Å². The first-order valence-electron chi connectivity index (χ1n) is 10.9. The van der Waals surface area contributed by atoms with Gasteiger partial charge in [0.25, 0.3) is 0 Å². The van der Waals surface area contributed by atoms with Crippen LogP contribution in [0.2, 0.25) is 0 Å². The van der Waals surface area contributed by atoms with Gasteiger partial charge in [-0.2, -0.15) is 21.9 Å². The van der Waals surface area contributed by atoms with Crippen molar-refractivity contribution in [3.8, 4) is 0 Å². The monoisotopic (exact) mass is 421 g/mol.